The molecule has 0 saturated heterocycles. The van der Waals surface area contributed by atoms with Crippen molar-refractivity contribution in [1.82, 2.24) is 9.80 Å². The molecular weight excluding hydrogens is 420 g/mol. The summed E-state index contributed by atoms with van der Waals surface area (Å²) in [6.07, 6.45) is 0. The van der Waals surface area contributed by atoms with Gasteiger partial charge in [-0.3, -0.25) is 14.5 Å². The highest BCUT2D eigenvalue weighted by molar-refractivity contribution is 6.35. The maximum atomic E-state index is 13.5. The van der Waals surface area contributed by atoms with E-state index >= 15 is 0 Å². The van der Waals surface area contributed by atoms with Gasteiger partial charge in [0.2, 0.25) is 0 Å². The van der Waals surface area contributed by atoms with Crippen LogP contribution in [0.3, 0.4) is 0 Å². The lowest BCUT2D eigenvalue weighted by molar-refractivity contribution is -0.138. The van der Waals surface area contributed by atoms with Crippen LogP contribution in [0.2, 0.25) is 0 Å². The SMILES string of the molecule is COCCN(CCOC)C1=C(c2ccccc2)C(=O)N(CCOc2cc(C)cc(C)c2)C1=O. The molecule has 7 heteroatoms. The van der Waals surface area contributed by atoms with Crippen molar-refractivity contribution in [3.63, 3.8) is 0 Å². The third kappa shape index (κ3) is 6.00. The molecule has 1 aliphatic heterocycles. The second kappa shape index (κ2) is 11.6. The van der Waals surface area contributed by atoms with E-state index in [1.54, 1.807) is 14.2 Å². The first-order chi connectivity index (χ1) is 16.0. The Balaban J connectivity index is 1.85. The fraction of sp³-hybridized carbons (Fsp3) is 0.385. The summed E-state index contributed by atoms with van der Waals surface area (Å²) in [5, 5.41) is 0. The molecule has 2 aromatic rings. The Hall–Kier alpha value is -3.16. The number of nitrogens with zero attached hydrogens (tertiary/aromatic N) is 2. The normalized spacial score (nSPS) is 13.8. The highest BCUT2D eigenvalue weighted by Crippen LogP contribution is 2.31. The summed E-state index contributed by atoms with van der Waals surface area (Å²) < 4.78 is 16.4. The minimum absolute atomic E-state index is 0.160. The van der Waals surface area contributed by atoms with Gasteiger partial charge in [-0.25, -0.2) is 0 Å². The summed E-state index contributed by atoms with van der Waals surface area (Å²) in [7, 11) is 3.22. The van der Waals surface area contributed by atoms with E-state index in [0.29, 0.717) is 43.1 Å². The van der Waals surface area contributed by atoms with Gasteiger partial charge >= 0.3 is 0 Å². The Labute approximate surface area is 195 Å². The van der Waals surface area contributed by atoms with Gasteiger partial charge in [-0.2, -0.15) is 0 Å². The summed E-state index contributed by atoms with van der Waals surface area (Å²) in [5.74, 6) is 0.0880. The third-order valence-electron chi connectivity index (χ3n) is 5.43. The first-order valence-electron chi connectivity index (χ1n) is 11.1. The number of carbonyl (C=O) groups is 2. The molecule has 0 atom stereocenters. The number of rotatable bonds is 12. The average Bonchev–Trinajstić information content (AvgIpc) is 3.04. The monoisotopic (exact) mass is 452 g/mol. The van der Waals surface area contributed by atoms with Crippen LogP contribution in [0.25, 0.3) is 5.57 Å². The van der Waals surface area contributed by atoms with E-state index in [9.17, 15) is 9.59 Å². The van der Waals surface area contributed by atoms with Crippen molar-refractivity contribution in [2.75, 3.05) is 53.7 Å². The second-order valence-electron chi connectivity index (χ2n) is 8.00. The van der Waals surface area contributed by atoms with Gasteiger partial charge in [0.05, 0.1) is 25.3 Å². The number of imide groups is 1. The Morgan fingerprint density at radius 2 is 1.42 bits per heavy atom. The van der Waals surface area contributed by atoms with Crippen LogP contribution in [-0.2, 0) is 19.1 Å². The van der Waals surface area contributed by atoms with E-state index in [0.717, 1.165) is 16.9 Å². The summed E-state index contributed by atoms with van der Waals surface area (Å²) in [6, 6.07) is 15.2. The van der Waals surface area contributed by atoms with Crippen molar-refractivity contribution in [3.05, 3.63) is 70.9 Å². The fourth-order valence-corrected chi connectivity index (χ4v) is 3.93. The van der Waals surface area contributed by atoms with Gasteiger partial charge in [0.25, 0.3) is 11.8 Å². The summed E-state index contributed by atoms with van der Waals surface area (Å²) >= 11 is 0. The Morgan fingerprint density at radius 1 is 0.818 bits per heavy atom. The van der Waals surface area contributed by atoms with Gasteiger partial charge in [0.15, 0.2) is 0 Å². The molecule has 0 unspecified atom stereocenters. The predicted octanol–water partition coefficient (Wildman–Crippen LogP) is 3.06. The Morgan fingerprint density at radius 3 is 2.00 bits per heavy atom. The number of carbonyl (C=O) groups excluding carboxylic acids is 2. The van der Waals surface area contributed by atoms with E-state index in [2.05, 4.69) is 6.07 Å². The Kier molecular flexibility index (Phi) is 8.63. The number of amides is 2. The molecule has 3 rings (SSSR count). The topological polar surface area (TPSA) is 68.3 Å². The summed E-state index contributed by atoms with van der Waals surface area (Å²) in [6.45, 7) is 6.17. The molecular formula is C26H32N2O5. The van der Waals surface area contributed by atoms with Crippen LogP contribution in [0, 0.1) is 13.8 Å². The molecule has 7 nitrogen and oxygen atoms in total. The summed E-state index contributed by atoms with van der Waals surface area (Å²) in [5.41, 5.74) is 3.69. The minimum atomic E-state index is -0.324. The van der Waals surface area contributed by atoms with Crippen LogP contribution in [0.5, 0.6) is 5.75 Å². The molecule has 0 fully saturated rings. The number of hydrogen-bond donors (Lipinski definition) is 0. The lowest BCUT2D eigenvalue weighted by Gasteiger charge is -2.25. The van der Waals surface area contributed by atoms with Crippen LogP contribution < -0.4 is 4.74 Å². The average molecular weight is 453 g/mol. The molecule has 0 radical (unpaired) electrons. The van der Waals surface area contributed by atoms with E-state index in [4.69, 9.17) is 14.2 Å². The minimum Gasteiger partial charge on any atom is -0.492 e. The molecule has 0 bridgehead atoms. The molecule has 2 amide bonds. The first-order valence-corrected chi connectivity index (χ1v) is 11.1. The maximum absolute atomic E-state index is 13.5. The quantitative estimate of drug-likeness (QED) is 0.461. The summed E-state index contributed by atoms with van der Waals surface area (Å²) in [4.78, 5) is 30.1. The van der Waals surface area contributed by atoms with Crippen molar-refractivity contribution in [1.29, 1.82) is 0 Å². The van der Waals surface area contributed by atoms with Gasteiger partial charge in [-0.1, -0.05) is 36.4 Å². The van der Waals surface area contributed by atoms with Gasteiger partial charge in [-0.05, 0) is 42.7 Å². The van der Waals surface area contributed by atoms with Gasteiger partial charge in [0, 0.05) is 27.3 Å². The Bertz CT molecular complexity index is 975. The van der Waals surface area contributed by atoms with Crippen molar-refractivity contribution in [2.45, 2.75) is 13.8 Å². The third-order valence-corrected chi connectivity index (χ3v) is 5.43. The molecule has 176 valence electrons. The van der Waals surface area contributed by atoms with Crippen molar-refractivity contribution < 1.29 is 23.8 Å². The molecule has 1 heterocycles. The van der Waals surface area contributed by atoms with Gasteiger partial charge in [-0.15, -0.1) is 0 Å². The van der Waals surface area contributed by atoms with Crippen LogP contribution in [-0.4, -0.2) is 75.3 Å². The van der Waals surface area contributed by atoms with Crippen molar-refractivity contribution in [3.8, 4) is 5.75 Å². The molecule has 0 saturated carbocycles. The number of aryl methyl sites for hydroxylation is 2. The van der Waals surface area contributed by atoms with Crippen molar-refractivity contribution in [2.24, 2.45) is 0 Å². The highest BCUT2D eigenvalue weighted by Gasteiger charge is 2.41. The number of methoxy groups -OCH3 is 2. The highest BCUT2D eigenvalue weighted by atomic mass is 16.5. The largest absolute Gasteiger partial charge is 0.492 e. The molecule has 0 spiro atoms. The predicted molar refractivity (Wildman–Crippen MR) is 127 cm³/mol. The van der Waals surface area contributed by atoms with Crippen LogP contribution in [0.1, 0.15) is 16.7 Å². The zero-order valence-electron chi connectivity index (χ0n) is 19.8. The molecule has 0 aromatic heterocycles. The molecule has 1 aliphatic rings. The molecule has 33 heavy (non-hydrogen) atoms. The van der Waals surface area contributed by atoms with E-state index in [1.807, 2.05) is 61.2 Å². The maximum Gasteiger partial charge on any atom is 0.277 e. The number of hydrogen-bond acceptors (Lipinski definition) is 6. The molecule has 0 aliphatic carbocycles. The first kappa shape index (κ1) is 24.5. The van der Waals surface area contributed by atoms with Gasteiger partial charge in [0.1, 0.15) is 18.1 Å². The van der Waals surface area contributed by atoms with Crippen molar-refractivity contribution >= 4 is 17.4 Å². The number of benzene rings is 2. The zero-order valence-corrected chi connectivity index (χ0v) is 19.8. The molecule has 0 N–H and O–H groups in total. The second-order valence-corrected chi connectivity index (χ2v) is 8.00. The van der Waals surface area contributed by atoms with Crippen LogP contribution in [0.4, 0.5) is 0 Å². The fourth-order valence-electron chi connectivity index (χ4n) is 3.93. The van der Waals surface area contributed by atoms with Gasteiger partial charge < -0.3 is 19.1 Å². The zero-order chi connectivity index (χ0) is 23.8. The lowest BCUT2D eigenvalue weighted by Crippen LogP contribution is -2.39. The van der Waals surface area contributed by atoms with Crippen LogP contribution in [0.15, 0.2) is 54.2 Å². The number of ether oxygens (including phenoxy) is 3. The van der Waals surface area contributed by atoms with E-state index in [-0.39, 0.29) is 25.0 Å². The standard InChI is InChI=1S/C26H32N2O5/c1-19-16-20(2)18-22(17-19)33-15-12-28-25(29)23(21-8-6-5-7-9-21)24(26(28)30)27(10-13-31-3)11-14-32-4/h5-9,16-18H,10-15H2,1-4H3. The van der Waals surface area contributed by atoms with E-state index < -0.39 is 0 Å². The molecule has 2 aromatic carbocycles. The smallest absolute Gasteiger partial charge is 0.277 e. The lowest BCUT2D eigenvalue weighted by atomic mass is 10.0. The van der Waals surface area contributed by atoms with Crippen LogP contribution >= 0.6 is 0 Å². The van der Waals surface area contributed by atoms with E-state index in [1.165, 1.54) is 4.90 Å².